The fourth-order valence-corrected chi connectivity index (χ4v) is 1.47. The fourth-order valence-electron chi connectivity index (χ4n) is 1.21. The molecule has 88 valence electrons. The van der Waals surface area contributed by atoms with Gasteiger partial charge in [0.1, 0.15) is 11.9 Å². The molecule has 0 unspecified atom stereocenters. The molecule has 1 heterocycles. The van der Waals surface area contributed by atoms with E-state index in [2.05, 4.69) is 4.98 Å². The van der Waals surface area contributed by atoms with Crippen LogP contribution in [-0.2, 0) is 5.88 Å². The van der Waals surface area contributed by atoms with Crippen molar-refractivity contribution in [3.05, 3.63) is 27.6 Å². The summed E-state index contributed by atoms with van der Waals surface area (Å²) in [6.45, 7) is 0. The molecular formula is C8H7ClF2N2O3. The van der Waals surface area contributed by atoms with E-state index < -0.39 is 22.7 Å². The Bertz CT molecular complexity index is 415. The highest BCUT2D eigenvalue weighted by Gasteiger charge is 2.26. The van der Waals surface area contributed by atoms with Crippen LogP contribution in [0.15, 0.2) is 6.20 Å². The van der Waals surface area contributed by atoms with E-state index in [0.29, 0.717) is 0 Å². The zero-order valence-corrected chi connectivity index (χ0v) is 8.87. The third kappa shape index (κ3) is 2.19. The Morgan fingerprint density at radius 3 is 2.69 bits per heavy atom. The lowest BCUT2D eigenvalue weighted by Gasteiger charge is -2.10. The first-order chi connectivity index (χ1) is 7.52. The zero-order valence-electron chi connectivity index (χ0n) is 8.11. The van der Waals surface area contributed by atoms with Gasteiger partial charge in [-0.25, -0.2) is 13.8 Å². The lowest BCUT2D eigenvalue weighted by atomic mass is 10.2. The van der Waals surface area contributed by atoms with E-state index in [0.717, 1.165) is 13.3 Å². The first-order valence-electron chi connectivity index (χ1n) is 4.07. The van der Waals surface area contributed by atoms with E-state index in [4.69, 9.17) is 16.3 Å². The number of halogens is 3. The van der Waals surface area contributed by atoms with Crippen molar-refractivity contribution in [2.75, 3.05) is 7.11 Å². The standard InChI is InChI=1S/C8H7ClF2N2O3/c1-16-7-4(2-9)6(8(10)11)12-3-5(7)13(14)15/h3,8H,2H2,1H3. The number of methoxy groups -OCH3 is 1. The van der Waals surface area contributed by atoms with Crippen LogP contribution in [-0.4, -0.2) is 17.0 Å². The van der Waals surface area contributed by atoms with Crippen LogP contribution in [0.5, 0.6) is 5.75 Å². The maximum absolute atomic E-state index is 12.5. The molecule has 0 bridgehead atoms. The minimum Gasteiger partial charge on any atom is -0.490 e. The molecule has 5 nitrogen and oxygen atoms in total. The molecule has 0 radical (unpaired) electrons. The summed E-state index contributed by atoms with van der Waals surface area (Å²) in [5.74, 6) is -0.609. The first-order valence-corrected chi connectivity index (χ1v) is 4.60. The van der Waals surface area contributed by atoms with Crippen molar-refractivity contribution in [2.24, 2.45) is 0 Å². The van der Waals surface area contributed by atoms with Crippen molar-refractivity contribution in [1.82, 2.24) is 4.98 Å². The molecule has 0 aliphatic carbocycles. The predicted molar refractivity (Wildman–Crippen MR) is 52.0 cm³/mol. The topological polar surface area (TPSA) is 65.3 Å². The van der Waals surface area contributed by atoms with Gasteiger partial charge >= 0.3 is 5.69 Å². The van der Waals surface area contributed by atoms with Crippen molar-refractivity contribution in [3.8, 4) is 5.75 Å². The Labute approximate surface area is 94.1 Å². The van der Waals surface area contributed by atoms with Gasteiger partial charge < -0.3 is 4.74 Å². The molecule has 8 heteroatoms. The molecule has 1 aromatic rings. The summed E-state index contributed by atoms with van der Waals surface area (Å²) in [5.41, 5.74) is -1.24. The number of hydrogen-bond donors (Lipinski definition) is 0. The highest BCUT2D eigenvalue weighted by molar-refractivity contribution is 6.17. The van der Waals surface area contributed by atoms with Gasteiger partial charge in [-0.2, -0.15) is 0 Å². The summed E-state index contributed by atoms with van der Waals surface area (Å²) in [6, 6.07) is 0. The van der Waals surface area contributed by atoms with Crippen molar-refractivity contribution >= 4 is 17.3 Å². The maximum atomic E-state index is 12.5. The van der Waals surface area contributed by atoms with Gasteiger partial charge in [0.05, 0.1) is 17.9 Å². The van der Waals surface area contributed by atoms with Crippen LogP contribution in [0.4, 0.5) is 14.5 Å². The van der Waals surface area contributed by atoms with Crippen molar-refractivity contribution in [2.45, 2.75) is 12.3 Å². The van der Waals surface area contributed by atoms with Crippen LogP contribution in [0.2, 0.25) is 0 Å². The van der Waals surface area contributed by atoms with Crippen molar-refractivity contribution in [3.63, 3.8) is 0 Å². The number of rotatable bonds is 4. The molecule has 16 heavy (non-hydrogen) atoms. The molecule has 0 atom stereocenters. The molecule has 1 rings (SSSR count). The monoisotopic (exact) mass is 252 g/mol. The molecule has 0 N–H and O–H groups in total. The fraction of sp³-hybridized carbons (Fsp3) is 0.375. The highest BCUT2D eigenvalue weighted by Crippen LogP contribution is 2.36. The van der Waals surface area contributed by atoms with Gasteiger partial charge in [0.15, 0.2) is 0 Å². The molecule has 0 aliphatic heterocycles. The van der Waals surface area contributed by atoms with Crippen LogP contribution < -0.4 is 4.74 Å². The first kappa shape index (κ1) is 12.6. The van der Waals surface area contributed by atoms with E-state index in [1.165, 1.54) is 0 Å². The molecule has 0 amide bonds. The summed E-state index contributed by atoms with van der Waals surface area (Å²) in [6.07, 6.45) is -2.13. The van der Waals surface area contributed by atoms with Gasteiger partial charge in [-0.15, -0.1) is 11.6 Å². The molecule has 0 saturated carbocycles. The number of pyridine rings is 1. The summed E-state index contributed by atoms with van der Waals surface area (Å²) in [7, 11) is 1.15. The lowest BCUT2D eigenvalue weighted by Crippen LogP contribution is -2.04. The van der Waals surface area contributed by atoms with E-state index >= 15 is 0 Å². The molecular weight excluding hydrogens is 246 g/mol. The lowest BCUT2D eigenvalue weighted by molar-refractivity contribution is -0.386. The van der Waals surface area contributed by atoms with Gasteiger partial charge in [-0.1, -0.05) is 0 Å². The molecule has 0 saturated heterocycles. The van der Waals surface area contributed by atoms with Gasteiger partial charge in [0, 0.05) is 5.56 Å². The molecule has 0 aliphatic rings. The quantitative estimate of drug-likeness (QED) is 0.469. The van der Waals surface area contributed by atoms with Crippen molar-refractivity contribution in [1.29, 1.82) is 0 Å². The summed E-state index contributed by atoms with van der Waals surface area (Å²) < 4.78 is 29.8. The van der Waals surface area contributed by atoms with Gasteiger partial charge in [-0.3, -0.25) is 10.1 Å². The van der Waals surface area contributed by atoms with E-state index in [9.17, 15) is 18.9 Å². The Balaban J connectivity index is 3.46. The van der Waals surface area contributed by atoms with Crippen LogP contribution in [0.1, 0.15) is 17.7 Å². The minimum absolute atomic E-state index is 0.159. The van der Waals surface area contributed by atoms with E-state index in [1.54, 1.807) is 0 Å². The highest BCUT2D eigenvalue weighted by atomic mass is 35.5. The molecule has 0 fully saturated rings. The van der Waals surface area contributed by atoms with E-state index in [-0.39, 0.29) is 17.2 Å². The Morgan fingerprint density at radius 2 is 2.31 bits per heavy atom. The zero-order chi connectivity index (χ0) is 12.3. The summed E-state index contributed by atoms with van der Waals surface area (Å²) in [5, 5.41) is 10.6. The van der Waals surface area contributed by atoms with Gasteiger partial charge in [0.25, 0.3) is 6.43 Å². The molecule has 0 spiro atoms. The van der Waals surface area contributed by atoms with Gasteiger partial charge in [0.2, 0.25) is 5.75 Å². The van der Waals surface area contributed by atoms with Crippen LogP contribution in [0.25, 0.3) is 0 Å². The Kier molecular flexibility index (Phi) is 3.94. The summed E-state index contributed by atoms with van der Waals surface area (Å²) in [4.78, 5) is 13.1. The normalized spacial score (nSPS) is 10.6. The SMILES string of the molecule is COc1c([N+](=O)[O-])cnc(C(F)F)c1CCl. The third-order valence-corrected chi connectivity index (χ3v) is 2.15. The summed E-state index contributed by atoms with van der Waals surface area (Å²) >= 11 is 5.46. The smallest absolute Gasteiger partial charge is 0.329 e. The maximum Gasteiger partial charge on any atom is 0.329 e. The van der Waals surface area contributed by atoms with Crippen LogP contribution in [0, 0.1) is 10.1 Å². The number of ether oxygens (including phenoxy) is 1. The average Bonchev–Trinajstić information content (AvgIpc) is 2.26. The Hall–Kier alpha value is -1.50. The number of aromatic nitrogens is 1. The number of nitrogens with zero attached hydrogens (tertiary/aromatic N) is 2. The molecule has 0 aromatic carbocycles. The third-order valence-electron chi connectivity index (χ3n) is 1.88. The van der Waals surface area contributed by atoms with Crippen LogP contribution >= 0.6 is 11.6 Å². The second-order valence-corrected chi connectivity index (χ2v) is 3.00. The molecule has 1 aromatic heterocycles. The second-order valence-electron chi connectivity index (χ2n) is 2.73. The average molecular weight is 253 g/mol. The number of alkyl halides is 3. The minimum atomic E-state index is -2.86. The van der Waals surface area contributed by atoms with Crippen molar-refractivity contribution < 1.29 is 18.4 Å². The largest absolute Gasteiger partial charge is 0.490 e. The second kappa shape index (κ2) is 5.02. The van der Waals surface area contributed by atoms with Crippen LogP contribution in [0.3, 0.4) is 0 Å². The van der Waals surface area contributed by atoms with Gasteiger partial charge in [-0.05, 0) is 0 Å². The van der Waals surface area contributed by atoms with E-state index in [1.807, 2.05) is 0 Å². The predicted octanol–water partition coefficient (Wildman–Crippen LogP) is 2.67. The number of nitro groups is 1. The number of hydrogen-bond acceptors (Lipinski definition) is 4. The Morgan fingerprint density at radius 1 is 1.69 bits per heavy atom.